The molecule has 1 aliphatic rings. The fourth-order valence-electron chi connectivity index (χ4n) is 1.38. The molecule has 0 aromatic heterocycles. The molecule has 2 rings (SSSR count). The van der Waals surface area contributed by atoms with Crippen LogP contribution in [0.1, 0.15) is 0 Å². The maximum atomic E-state index is 11.7. The molecule has 0 radical (unpaired) electrons. The molecule has 0 spiro atoms. The van der Waals surface area contributed by atoms with Gasteiger partial charge >= 0.3 is 6.03 Å². The smallest absolute Gasteiger partial charge is 0.328 e. The lowest BCUT2D eigenvalue weighted by atomic mass is 10.3. The van der Waals surface area contributed by atoms with Crippen molar-refractivity contribution in [1.29, 1.82) is 0 Å². The van der Waals surface area contributed by atoms with Crippen molar-refractivity contribution in [2.24, 2.45) is 0 Å². The van der Waals surface area contributed by atoms with Crippen molar-refractivity contribution in [2.75, 3.05) is 18.4 Å². The second kappa shape index (κ2) is 4.27. The molecule has 4 nitrogen and oxygen atoms in total. The molecule has 0 unspecified atom stereocenters. The normalized spacial score (nSPS) is 14.9. The molecule has 1 aromatic rings. The third-order valence-electron chi connectivity index (χ3n) is 2.13. The molecule has 2 amide bonds. The molecule has 1 aromatic carbocycles. The number of nitrogens with one attached hydrogen (secondary N) is 2. The van der Waals surface area contributed by atoms with Crippen LogP contribution in [0.4, 0.5) is 10.5 Å². The second-order valence-electron chi connectivity index (χ2n) is 3.18. The Bertz CT molecular complexity index is 380. The van der Waals surface area contributed by atoms with Gasteiger partial charge in [0.25, 0.3) is 0 Å². The van der Waals surface area contributed by atoms with Crippen molar-refractivity contribution in [3.63, 3.8) is 0 Å². The van der Waals surface area contributed by atoms with Crippen LogP contribution in [0.5, 0.6) is 0 Å². The van der Waals surface area contributed by atoms with E-state index in [1.807, 2.05) is 30.3 Å². The van der Waals surface area contributed by atoms with E-state index in [2.05, 4.69) is 10.6 Å². The Kier molecular flexibility index (Phi) is 2.82. The van der Waals surface area contributed by atoms with Gasteiger partial charge in [-0.2, -0.15) is 0 Å². The Morgan fingerprint density at radius 2 is 2.13 bits per heavy atom. The molecule has 5 heteroatoms. The molecule has 15 heavy (non-hydrogen) atoms. The average molecular weight is 221 g/mol. The highest BCUT2D eigenvalue weighted by Gasteiger charge is 2.22. The SMILES string of the molecule is O=C(Nc1ccccc1)N1CCNC1=S. The predicted octanol–water partition coefficient (Wildman–Crippen LogP) is 1.41. The Morgan fingerprint density at radius 1 is 1.40 bits per heavy atom. The molecule has 1 saturated heterocycles. The number of para-hydroxylation sites is 1. The molecule has 1 fully saturated rings. The molecule has 1 aliphatic heterocycles. The van der Waals surface area contributed by atoms with Gasteiger partial charge in [-0.3, -0.25) is 4.90 Å². The van der Waals surface area contributed by atoms with Crippen LogP contribution >= 0.6 is 12.2 Å². The molecule has 0 aliphatic carbocycles. The minimum absolute atomic E-state index is 0.184. The summed E-state index contributed by atoms with van der Waals surface area (Å²) in [5.74, 6) is 0. The van der Waals surface area contributed by atoms with Crippen LogP contribution in [0, 0.1) is 0 Å². The largest absolute Gasteiger partial charge is 0.360 e. The number of carbonyl (C=O) groups excluding carboxylic acids is 1. The van der Waals surface area contributed by atoms with E-state index in [0.717, 1.165) is 12.2 Å². The van der Waals surface area contributed by atoms with Crippen LogP contribution in [0.25, 0.3) is 0 Å². The molecule has 0 atom stereocenters. The minimum atomic E-state index is -0.184. The first kappa shape index (κ1) is 9.92. The highest BCUT2D eigenvalue weighted by Crippen LogP contribution is 2.07. The van der Waals surface area contributed by atoms with E-state index in [1.165, 1.54) is 4.90 Å². The zero-order chi connectivity index (χ0) is 10.7. The zero-order valence-electron chi connectivity index (χ0n) is 8.06. The van der Waals surface area contributed by atoms with E-state index in [4.69, 9.17) is 12.2 Å². The summed E-state index contributed by atoms with van der Waals surface area (Å²) in [6.07, 6.45) is 0. The third-order valence-corrected chi connectivity index (χ3v) is 2.49. The summed E-state index contributed by atoms with van der Waals surface area (Å²) in [5, 5.41) is 6.20. The monoisotopic (exact) mass is 221 g/mol. The van der Waals surface area contributed by atoms with Crippen molar-refractivity contribution in [2.45, 2.75) is 0 Å². The fourth-order valence-corrected chi connectivity index (χ4v) is 1.65. The van der Waals surface area contributed by atoms with Crippen LogP contribution in [-0.4, -0.2) is 29.1 Å². The number of anilines is 1. The summed E-state index contributed by atoms with van der Waals surface area (Å²) < 4.78 is 0. The van der Waals surface area contributed by atoms with E-state index >= 15 is 0 Å². The molecule has 1 heterocycles. The zero-order valence-corrected chi connectivity index (χ0v) is 8.88. The van der Waals surface area contributed by atoms with Gasteiger partial charge in [-0.25, -0.2) is 4.79 Å². The van der Waals surface area contributed by atoms with Gasteiger partial charge < -0.3 is 10.6 Å². The number of nitrogens with zero attached hydrogens (tertiary/aromatic N) is 1. The standard InChI is InChI=1S/C10H11N3OS/c14-9(13-7-6-11-10(13)15)12-8-4-2-1-3-5-8/h1-5H,6-7H2,(H,11,15)(H,12,14). The maximum Gasteiger partial charge on any atom is 0.328 e. The summed E-state index contributed by atoms with van der Waals surface area (Å²) in [7, 11) is 0. The number of rotatable bonds is 1. The molecule has 0 bridgehead atoms. The van der Waals surface area contributed by atoms with Crippen molar-refractivity contribution in [3.05, 3.63) is 30.3 Å². The fraction of sp³-hybridized carbons (Fsp3) is 0.200. The average Bonchev–Trinajstić information content (AvgIpc) is 2.66. The Balaban J connectivity index is 2.01. The van der Waals surface area contributed by atoms with Gasteiger partial charge in [0.05, 0.1) is 0 Å². The van der Waals surface area contributed by atoms with Gasteiger partial charge in [0, 0.05) is 18.8 Å². The number of amides is 2. The first-order valence-corrected chi connectivity index (χ1v) is 5.09. The molecule has 78 valence electrons. The second-order valence-corrected chi connectivity index (χ2v) is 3.57. The van der Waals surface area contributed by atoms with E-state index in [0.29, 0.717) is 11.7 Å². The highest BCUT2D eigenvalue weighted by atomic mass is 32.1. The number of hydrogen-bond donors (Lipinski definition) is 2. The predicted molar refractivity (Wildman–Crippen MR) is 62.8 cm³/mol. The van der Waals surface area contributed by atoms with E-state index < -0.39 is 0 Å². The van der Waals surface area contributed by atoms with Crippen LogP contribution in [0.3, 0.4) is 0 Å². The van der Waals surface area contributed by atoms with Gasteiger partial charge in [0.1, 0.15) is 0 Å². The summed E-state index contributed by atoms with van der Waals surface area (Å²) in [5.41, 5.74) is 0.775. The van der Waals surface area contributed by atoms with Crippen LogP contribution < -0.4 is 10.6 Å². The first-order valence-electron chi connectivity index (χ1n) is 4.69. The van der Waals surface area contributed by atoms with E-state index in [9.17, 15) is 4.79 Å². The Hall–Kier alpha value is -1.62. The topological polar surface area (TPSA) is 44.4 Å². The molecular weight excluding hydrogens is 210 g/mol. The molecular formula is C10H11N3OS. The summed E-state index contributed by atoms with van der Waals surface area (Å²) in [6.45, 7) is 1.35. The van der Waals surface area contributed by atoms with Gasteiger partial charge in [0.15, 0.2) is 5.11 Å². The quantitative estimate of drug-likeness (QED) is 0.705. The Labute approximate surface area is 93.3 Å². The van der Waals surface area contributed by atoms with Gasteiger partial charge in [-0.1, -0.05) is 18.2 Å². The minimum Gasteiger partial charge on any atom is -0.360 e. The number of hydrogen-bond acceptors (Lipinski definition) is 2. The Morgan fingerprint density at radius 3 is 2.73 bits per heavy atom. The van der Waals surface area contributed by atoms with Crippen LogP contribution in [0.15, 0.2) is 30.3 Å². The summed E-state index contributed by atoms with van der Waals surface area (Å²) in [6, 6.07) is 9.13. The highest BCUT2D eigenvalue weighted by molar-refractivity contribution is 7.80. The molecule has 2 N–H and O–H groups in total. The number of urea groups is 1. The summed E-state index contributed by atoms with van der Waals surface area (Å²) >= 11 is 4.99. The van der Waals surface area contributed by atoms with E-state index in [1.54, 1.807) is 0 Å². The van der Waals surface area contributed by atoms with Crippen molar-refractivity contribution in [3.8, 4) is 0 Å². The summed E-state index contributed by atoms with van der Waals surface area (Å²) in [4.78, 5) is 13.2. The number of carbonyl (C=O) groups is 1. The lowest BCUT2D eigenvalue weighted by Crippen LogP contribution is -2.37. The first-order chi connectivity index (χ1) is 7.27. The van der Waals surface area contributed by atoms with Gasteiger partial charge in [-0.15, -0.1) is 0 Å². The third kappa shape index (κ3) is 2.24. The lowest BCUT2D eigenvalue weighted by Gasteiger charge is -2.15. The maximum absolute atomic E-state index is 11.7. The van der Waals surface area contributed by atoms with Crippen molar-refractivity contribution < 1.29 is 4.79 Å². The van der Waals surface area contributed by atoms with Crippen molar-refractivity contribution >= 4 is 29.0 Å². The van der Waals surface area contributed by atoms with Crippen molar-refractivity contribution in [1.82, 2.24) is 10.2 Å². The number of benzene rings is 1. The lowest BCUT2D eigenvalue weighted by molar-refractivity contribution is 0.237. The van der Waals surface area contributed by atoms with Crippen LogP contribution in [-0.2, 0) is 0 Å². The van der Waals surface area contributed by atoms with Gasteiger partial charge in [-0.05, 0) is 24.4 Å². The molecule has 0 saturated carbocycles. The van der Waals surface area contributed by atoms with Gasteiger partial charge in [0.2, 0.25) is 0 Å². The number of thiocarbonyl (C=S) groups is 1. The van der Waals surface area contributed by atoms with E-state index in [-0.39, 0.29) is 6.03 Å². The van der Waals surface area contributed by atoms with Crippen LogP contribution in [0.2, 0.25) is 0 Å².